The van der Waals surface area contributed by atoms with E-state index in [1.807, 2.05) is 65.6 Å². The molecule has 3 aromatic rings. The van der Waals surface area contributed by atoms with Crippen molar-refractivity contribution in [1.82, 2.24) is 20.4 Å². The number of guanidine groups is 1. The van der Waals surface area contributed by atoms with E-state index in [-0.39, 0.29) is 0 Å². The Labute approximate surface area is 165 Å². The first-order chi connectivity index (χ1) is 13.7. The second-order valence-electron chi connectivity index (χ2n) is 6.09. The third kappa shape index (κ3) is 4.82. The normalized spacial score (nSPS) is 11.2. The Kier molecular flexibility index (Phi) is 6.51. The highest BCUT2D eigenvalue weighted by Gasteiger charge is 2.07. The molecule has 2 aromatic carbocycles. The molecule has 0 unspecified atom stereocenters. The third-order valence-electron chi connectivity index (χ3n) is 4.28. The summed E-state index contributed by atoms with van der Waals surface area (Å²) in [5, 5.41) is 11.0. The number of hydrogen-bond donors (Lipinski definition) is 2. The molecule has 0 amide bonds. The zero-order valence-electron chi connectivity index (χ0n) is 16.3. The van der Waals surface area contributed by atoms with E-state index in [1.165, 1.54) is 0 Å². The molecule has 28 heavy (non-hydrogen) atoms. The van der Waals surface area contributed by atoms with Gasteiger partial charge in [0.1, 0.15) is 11.5 Å². The third-order valence-corrected chi connectivity index (χ3v) is 4.28. The number of nitrogens with zero attached hydrogens (tertiary/aromatic N) is 3. The maximum Gasteiger partial charge on any atom is 0.191 e. The number of aliphatic imine (C=N–C) groups is 1. The molecular formula is C21H25N5O2. The van der Waals surface area contributed by atoms with Crippen LogP contribution < -0.4 is 20.1 Å². The molecule has 0 fully saturated rings. The summed E-state index contributed by atoms with van der Waals surface area (Å²) < 4.78 is 12.5. The van der Waals surface area contributed by atoms with Crippen LogP contribution in [0.4, 0.5) is 0 Å². The molecule has 146 valence electrons. The molecule has 1 aromatic heterocycles. The highest BCUT2D eigenvalue weighted by atomic mass is 16.5. The number of nitrogens with one attached hydrogen (secondary N) is 2. The van der Waals surface area contributed by atoms with Crippen LogP contribution in [0, 0.1) is 0 Å². The Morgan fingerprint density at radius 3 is 2.54 bits per heavy atom. The lowest BCUT2D eigenvalue weighted by Gasteiger charge is -2.14. The number of benzene rings is 2. The average molecular weight is 379 g/mol. The zero-order valence-corrected chi connectivity index (χ0v) is 16.3. The molecule has 0 spiro atoms. The number of para-hydroxylation sites is 1. The minimum atomic E-state index is 0.579. The zero-order chi connectivity index (χ0) is 19.8. The topological polar surface area (TPSA) is 72.7 Å². The molecule has 7 heteroatoms. The van der Waals surface area contributed by atoms with Crippen molar-refractivity contribution >= 4 is 5.96 Å². The maximum absolute atomic E-state index is 5.44. The first-order valence-electron chi connectivity index (χ1n) is 8.98. The van der Waals surface area contributed by atoms with Crippen molar-refractivity contribution in [3.8, 4) is 17.2 Å². The molecule has 0 saturated heterocycles. The average Bonchev–Trinajstić information content (AvgIpc) is 3.23. The quantitative estimate of drug-likeness (QED) is 0.488. The maximum atomic E-state index is 5.44. The molecule has 3 rings (SSSR count). The monoisotopic (exact) mass is 379 g/mol. The summed E-state index contributed by atoms with van der Waals surface area (Å²) in [6.45, 7) is 1.20. The van der Waals surface area contributed by atoms with Crippen LogP contribution in [-0.2, 0) is 13.1 Å². The molecule has 0 aliphatic heterocycles. The van der Waals surface area contributed by atoms with Crippen LogP contribution in [0.3, 0.4) is 0 Å². The van der Waals surface area contributed by atoms with Crippen molar-refractivity contribution in [3.05, 3.63) is 72.1 Å². The van der Waals surface area contributed by atoms with E-state index in [2.05, 4.69) is 20.7 Å². The van der Waals surface area contributed by atoms with Gasteiger partial charge < -0.3 is 20.1 Å². The van der Waals surface area contributed by atoms with Crippen molar-refractivity contribution in [2.75, 3.05) is 21.3 Å². The standard InChI is InChI=1S/C21H25N5O2/c1-22-21(24-14-17-9-10-19(27-2)11-20(17)28-3)23-12-16-13-25-26(15-16)18-7-5-4-6-8-18/h4-11,13,15H,12,14H2,1-3H3,(H2,22,23,24). The van der Waals surface area contributed by atoms with E-state index in [0.29, 0.717) is 19.0 Å². The summed E-state index contributed by atoms with van der Waals surface area (Å²) in [5.74, 6) is 2.23. The molecule has 0 atom stereocenters. The second-order valence-corrected chi connectivity index (χ2v) is 6.09. The SMILES string of the molecule is CN=C(NCc1cnn(-c2ccccc2)c1)NCc1ccc(OC)cc1OC. The highest BCUT2D eigenvalue weighted by molar-refractivity contribution is 5.79. The van der Waals surface area contributed by atoms with Crippen LogP contribution in [0.5, 0.6) is 11.5 Å². The lowest BCUT2D eigenvalue weighted by molar-refractivity contribution is 0.390. The molecule has 0 aliphatic rings. The van der Waals surface area contributed by atoms with Crippen molar-refractivity contribution in [3.63, 3.8) is 0 Å². The van der Waals surface area contributed by atoms with E-state index < -0.39 is 0 Å². The Morgan fingerprint density at radius 1 is 1.04 bits per heavy atom. The molecule has 7 nitrogen and oxygen atoms in total. The molecule has 1 heterocycles. The first-order valence-corrected chi connectivity index (χ1v) is 8.98. The summed E-state index contributed by atoms with van der Waals surface area (Å²) in [6, 6.07) is 15.8. The Bertz CT molecular complexity index is 922. The lowest BCUT2D eigenvalue weighted by atomic mass is 10.2. The minimum Gasteiger partial charge on any atom is -0.497 e. The van der Waals surface area contributed by atoms with Crippen molar-refractivity contribution in [2.24, 2.45) is 4.99 Å². The molecular weight excluding hydrogens is 354 g/mol. The molecule has 0 saturated carbocycles. The van der Waals surface area contributed by atoms with Crippen LogP contribution in [-0.4, -0.2) is 37.0 Å². The summed E-state index contributed by atoms with van der Waals surface area (Å²) in [6.07, 6.45) is 3.85. The summed E-state index contributed by atoms with van der Waals surface area (Å²) in [4.78, 5) is 4.27. The fourth-order valence-corrected chi connectivity index (χ4v) is 2.76. The number of ether oxygens (including phenoxy) is 2. The number of rotatable bonds is 7. The van der Waals surface area contributed by atoms with E-state index >= 15 is 0 Å². The van der Waals surface area contributed by atoms with E-state index in [4.69, 9.17) is 9.47 Å². The van der Waals surface area contributed by atoms with Gasteiger partial charge in [0.05, 0.1) is 26.1 Å². The van der Waals surface area contributed by atoms with Crippen molar-refractivity contribution in [1.29, 1.82) is 0 Å². The smallest absolute Gasteiger partial charge is 0.191 e. The van der Waals surface area contributed by atoms with Crippen LogP contribution in [0.25, 0.3) is 5.69 Å². The van der Waals surface area contributed by atoms with Crippen LogP contribution >= 0.6 is 0 Å². The summed E-state index contributed by atoms with van der Waals surface area (Å²) >= 11 is 0. The second kappa shape index (κ2) is 9.45. The minimum absolute atomic E-state index is 0.579. The van der Waals surface area contributed by atoms with Gasteiger partial charge in [0.2, 0.25) is 0 Å². The Balaban J connectivity index is 1.56. The number of aromatic nitrogens is 2. The van der Waals surface area contributed by atoms with Crippen LogP contribution in [0.2, 0.25) is 0 Å². The predicted molar refractivity (Wildman–Crippen MR) is 110 cm³/mol. The van der Waals surface area contributed by atoms with Gasteiger partial charge in [-0.3, -0.25) is 4.99 Å². The van der Waals surface area contributed by atoms with Gasteiger partial charge in [0.25, 0.3) is 0 Å². The number of hydrogen-bond acceptors (Lipinski definition) is 4. The largest absolute Gasteiger partial charge is 0.497 e. The van der Waals surface area contributed by atoms with Gasteiger partial charge >= 0.3 is 0 Å². The van der Waals surface area contributed by atoms with E-state index in [9.17, 15) is 0 Å². The van der Waals surface area contributed by atoms with Gasteiger partial charge in [-0.15, -0.1) is 0 Å². The summed E-state index contributed by atoms with van der Waals surface area (Å²) in [7, 11) is 5.03. The first kappa shape index (κ1) is 19.3. The number of methoxy groups -OCH3 is 2. The van der Waals surface area contributed by atoms with Gasteiger partial charge in [-0.1, -0.05) is 18.2 Å². The van der Waals surface area contributed by atoms with E-state index in [0.717, 1.165) is 28.3 Å². The van der Waals surface area contributed by atoms with Crippen LogP contribution in [0.1, 0.15) is 11.1 Å². The Morgan fingerprint density at radius 2 is 1.82 bits per heavy atom. The highest BCUT2D eigenvalue weighted by Crippen LogP contribution is 2.24. The lowest BCUT2D eigenvalue weighted by Crippen LogP contribution is -2.36. The van der Waals surface area contributed by atoms with Gasteiger partial charge in [-0.2, -0.15) is 5.10 Å². The van der Waals surface area contributed by atoms with Crippen molar-refractivity contribution < 1.29 is 9.47 Å². The van der Waals surface area contributed by atoms with Gasteiger partial charge in [0, 0.05) is 43.5 Å². The van der Waals surface area contributed by atoms with Gasteiger partial charge in [-0.05, 0) is 24.3 Å². The fraction of sp³-hybridized carbons (Fsp3) is 0.238. The van der Waals surface area contributed by atoms with Crippen molar-refractivity contribution in [2.45, 2.75) is 13.1 Å². The molecule has 0 bridgehead atoms. The Hall–Kier alpha value is -3.48. The summed E-state index contributed by atoms with van der Waals surface area (Å²) in [5.41, 5.74) is 3.11. The fourth-order valence-electron chi connectivity index (χ4n) is 2.76. The van der Waals surface area contributed by atoms with Crippen LogP contribution in [0.15, 0.2) is 65.9 Å². The van der Waals surface area contributed by atoms with Gasteiger partial charge in [0.15, 0.2) is 5.96 Å². The van der Waals surface area contributed by atoms with Gasteiger partial charge in [-0.25, -0.2) is 4.68 Å². The van der Waals surface area contributed by atoms with E-state index in [1.54, 1.807) is 21.3 Å². The predicted octanol–water partition coefficient (Wildman–Crippen LogP) is 2.75. The molecule has 2 N–H and O–H groups in total. The molecule has 0 aliphatic carbocycles. The molecule has 0 radical (unpaired) electrons.